The number of aromatic nitrogens is 4. The topological polar surface area (TPSA) is 79.8 Å². The van der Waals surface area contributed by atoms with E-state index in [1.54, 1.807) is 6.33 Å². The van der Waals surface area contributed by atoms with Crippen LogP contribution in [0.4, 0.5) is 23.1 Å². The quantitative estimate of drug-likeness (QED) is 0.530. The molecule has 4 aromatic rings. The van der Waals surface area contributed by atoms with E-state index in [4.69, 9.17) is 0 Å². The van der Waals surface area contributed by atoms with Crippen molar-refractivity contribution in [3.63, 3.8) is 0 Å². The molecule has 6 heteroatoms. The molecule has 4 N–H and O–H groups in total. The van der Waals surface area contributed by atoms with Gasteiger partial charge in [0.05, 0.1) is 0 Å². The molecule has 0 unspecified atom stereocenters. The average Bonchev–Trinajstić information content (AvgIpc) is 3.08. The van der Waals surface area contributed by atoms with Crippen LogP contribution in [0.1, 0.15) is 11.1 Å². The van der Waals surface area contributed by atoms with Crippen molar-refractivity contribution in [2.45, 2.75) is 13.8 Å². The Balaban J connectivity index is 1.69. The molecule has 0 saturated carbocycles. The fraction of sp³-hybridized carbons (Fsp3) is 0.105. The third-order valence-electron chi connectivity index (χ3n) is 3.96. The van der Waals surface area contributed by atoms with Crippen molar-refractivity contribution in [3.8, 4) is 0 Å². The smallest absolute Gasteiger partial charge is 0.307 e. The summed E-state index contributed by atoms with van der Waals surface area (Å²) < 4.78 is 0. The van der Waals surface area contributed by atoms with E-state index in [9.17, 15) is 0 Å². The summed E-state index contributed by atoms with van der Waals surface area (Å²) in [5.74, 6) is 1.24. The Kier molecular flexibility index (Phi) is 3.78. The lowest BCUT2D eigenvalue weighted by Gasteiger charge is -2.07. The maximum Gasteiger partial charge on any atom is 0.307 e. The number of aryl methyl sites for hydroxylation is 2. The highest BCUT2D eigenvalue weighted by Gasteiger charge is 2.16. The summed E-state index contributed by atoms with van der Waals surface area (Å²) >= 11 is 0. The first kappa shape index (κ1) is 15.1. The number of nitrogens with zero attached hydrogens (tertiary/aromatic N) is 2. The van der Waals surface area contributed by atoms with Crippen LogP contribution in [0, 0.1) is 13.8 Å². The third kappa shape index (κ3) is 3.28. The highest BCUT2D eigenvalue weighted by molar-refractivity contribution is 5.84. The van der Waals surface area contributed by atoms with Gasteiger partial charge in [0.2, 0.25) is 5.52 Å². The van der Waals surface area contributed by atoms with Gasteiger partial charge in [-0.05, 0) is 38.1 Å². The number of anilines is 4. The van der Waals surface area contributed by atoms with Crippen LogP contribution in [0.5, 0.6) is 0 Å². The van der Waals surface area contributed by atoms with E-state index in [-0.39, 0.29) is 0 Å². The number of nitrogens with one attached hydrogen (secondary N) is 4. The molecule has 0 aliphatic rings. The van der Waals surface area contributed by atoms with Crippen molar-refractivity contribution in [3.05, 3.63) is 66.0 Å². The monoisotopic (exact) mass is 331 g/mol. The molecule has 0 spiro atoms. The van der Waals surface area contributed by atoms with Crippen molar-refractivity contribution in [1.29, 1.82) is 0 Å². The summed E-state index contributed by atoms with van der Waals surface area (Å²) in [6, 6.07) is 16.3. The number of aromatic amines is 2. The molecule has 0 bridgehead atoms. The molecular formula is C19H19N6+. The number of rotatable bonds is 4. The Morgan fingerprint density at radius 3 is 2.04 bits per heavy atom. The average molecular weight is 331 g/mol. The predicted octanol–water partition coefficient (Wildman–Crippen LogP) is 3.88. The second-order valence-corrected chi connectivity index (χ2v) is 6.03. The molecule has 124 valence electrons. The molecule has 6 nitrogen and oxygen atoms in total. The van der Waals surface area contributed by atoms with Gasteiger partial charge in [-0.2, -0.15) is 4.98 Å². The lowest BCUT2D eigenvalue weighted by atomic mass is 10.2. The van der Waals surface area contributed by atoms with Crippen LogP contribution >= 0.6 is 0 Å². The van der Waals surface area contributed by atoms with Gasteiger partial charge in [-0.25, -0.2) is 4.98 Å². The van der Waals surface area contributed by atoms with Crippen molar-refractivity contribution in [1.82, 2.24) is 15.0 Å². The Bertz CT molecular complexity index is 1000. The zero-order chi connectivity index (χ0) is 17.2. The minimum absolute atomic E-state index is 0.529. The maximum atomic E-state index is 4.62. The Morgan fingerprint density at radius 2 is 1.40 bits per heavy atom. The SMILES string of the molecule is Cc1ccc(Nc2nc(Nc3ccc(C)cc3)c3[nH]c[nH+]c3n2)cc1. The lowest BCUT2D eigenvalue weighted by Crippen LogP contribution is -2.05. The van der Waals surface area contributed by atoms with Crippen LogP contribution in [0.3, 0.4) is 0 Å². The normalized spacial score (nSPS) is 10.8. The third-order valence-corrected chi connectivity index (χ3v) is 3.96. The van der Waals surface area contributed by atoms with Crippen LogP contribution in [0.25, 0.3) is 11.2 Å². The number of hydrogen-bond donors (Lipinski definition) is 3. The van der Waals surface area contributed by atoms with E-state index in [1.807, 2.05) is 24.3 Å². The van der Waals surface area contributed by atoms with Crippen molar-refractivity contribution < 1.29 is 4.98 Å². The van der Waals surface area contributed by atoms with Gasteiger partial charge in [-0.15, -0.1) is 0 Å². The van der Waals surface area contributed by atoms with Gasteiger partial charge in [-0.3, -0.25) is 4.98 Å². The van der Waals surface area contributed by atoms with Gasteiger partial charge in [0.15, 0.2) is 12.1 Å². The summed E-state index contributed by atoms with van der Waals surface area (Å²) in [6.45, 7) is 4.13. The zero-order valence-corrected chi connectivity index (χ0v) is 14.1. The van der Waals surface area contributed by atoms with Gasteiger partial charge in [0.25, 0.3) is 0 Å². The standard InChI is InChI=1S/C19H18N6/c1-12-3-7-14(8-4-12)22-18-16-17(21-11-20-16)24-19(25-18)23-15-9-5-13(2)6-10-15/h3-11H,1-2H3,(H3,20,21,22,23,24,25)/p+1. The Morgan fingerprint density at radius 1 is 0.800 bits per heavy atom. The van der Waals surface area contributed by atoms with E-state index >= 15 is 0 Å². The molecular weight excluding hydrogens is 312 g/mol. The number of benzene rings is 2. The molecule has 0 saturated heterocycles. The second kappa shape index (κ2) is 6.24. The van der Waals surface area contributed by atoms with Gasteiger partial charge in [0, 0.05) is 11.4 Å². The molecule has 0 fully saturated rings. The van der Waals surface area contributed by atoms with Crippen LogP contribution in [0.15, 0.2) is 54.9 Å². The van der Waals surface area contributed by atoms with Gasteiger partial charge in [-0.1, -0.05) is 40.4 Å². The lowest BCUT2D eigenvalue weighted by molar-refractivity contribution is -0.347. The number of fused-ring (bicyclic) bond motifs is 1. The molecule has 2 aromatic heterocycles. The summed E-state index contributed by atoms with van der Waals surface area (Å²) in [6.07, 6.45) is 1.75. The van der Waals surface area contributed by atoms with E-state index < -0.39 is 0 Å². The van der Waals surface area contributed by atoms with Crippen LogP contribution in [-0.4, -0.2) is 15.0 Å². The molecule has 0 aliphatic heterocycles. The summed E-state index contributed by atoms with van der Waals surface area (Å²) in [7, 11) is 0. The largest absolute Gasteiger partial charge is 0.337 e. The second-order valence-electron chi connectivity index (χ2n) is 6.03. The van der Waals surface area contributed by atoms with E-state index in [0.717, 1.165) is 22.5 Å². The molecule has 4 rings (SSSR count). The summed E-state index contributed by atoms with van der Waals surface area (Å²) in [5, 5.41) is 6.61. The first-order valence-electron chi connectivity index (χ1n) is 8.11. The van der Waals surface area contributed by atoms with Crippen LogP contribution in [0.2, 0.25) is 0 Å². The van der Waals surface area contributed by atoms with E-state index in [1.165, 1.54) is 11.1 Å². The first-order valence-corrected chi connectivity index (χ1v) is 8.11. The van der Waals surface area contributed by atoms with E-state index in [0.29, 0.717) is 11.8 Å². The fourth-order valence-corrected chi connectivity index (χ4v) is 2.56. The molecule has 2 aromatic carbocycles. The minimum Gasteiger partial charge on any atom is -0.337 e. The predicted molar refractivity (Wildman–Crippen MR) is 99.4 cm³/mol. The Labute approximate surface area is 145 Å². The molecule has 0 amide bonds. The number of imidazole rings is 1. The summed E-state index contributed by atoms with van der Waals surface area (Å²) in [5.41, 5.74) is 5.91. The van der Waals surface area contributed by atoms with Crippen molar-refractivity contribution in [2.24, 2.45) is 0 Å². The molecule has 0 atom stereocenters. The maximum absolute atomic E-state index is 4.62. The molecule has 0 aliphatic carbocycles. The molecule has 25 heavy (non-hydrogen) atoms. The van der Waals surface area contributed by atoms with Crippen LogP contribution in [-0.2, 0) is 0 Å². The highest BCUT2D eigenvalue weighted by atomic mass is 15.2. The fourth-order valence-electron chi connectivity index (χ4n) is 2.56. The Hall–Kier alpha value is -3.41. The minimum atomic E-state index is 0.529. The van der Waals surface area contributed by atoms with Gasteiger partial charge < -0.3 is 10.6 Å². The van der Waals surface area contributed by atoms with E-state index in [2.05, 4.69) is 68.7 Å². The number of H-pyrrole nitrogens is 2. The van der Waals surface area contributed by atoms with Gasteiger partial charge in [0.1, 0.15) is 0 Å². The van der Waals surface area contributed by atoms with Crippen molar-refractivity contribution >= 4 is 34.3 Å². The van der Waals surface area contributed by atoms with Crippen LogP contribution < -0.4 is 15.6 Å². The molecule has 2 heterocycles. The summed E-state index contributed by atoms with van der Waals surface area (Å²) in [4.78, 5) is 15.4. The highest BCUT2D eigenvalue weighted by Crippen LogP contribution is 2.23. The zero-order valence-electron chi connectivity index (χ0n) is 14.1. The first-order chi connectivity index (χ1) is 12.2. The van der Waals surface area contributed by atoms with Crippen molar-refractivity contribution in [2.75, 3.05) is 10.6 Å². The van der Waals surface area contributed by atoms with Gasteiger partial charge >= 0.3 is 11.6 Å². The molecule has 0 radical (unpaired) electrons. The number of hydrogen-bond acceptors (Lipinski definition) is 4.